The first kappa shape index (κ1) is 25.4. The second-order valence-corrected chi connectivity index (χ2v) is 10.1. The Labute approximate surface area is 221 Å². The molecule has 0 aromatic heterocycles. The third-order valence-electron chi connectivity index (χ3n) is 7.66. The molecule has 5 rings (SSSR count). The normalized spacial score (nSPS) is 16.2. The lowest BCUT2D eigenvalue weighted by Gasteiger charge is -2.40. The second-order valence-electron chi connectivity index (χ2n) is 10.1. The van der Waals surface area contributed by atoms with E-state index in [1.165, 1.54) is 23.1 Å². The summed E-state index contributed by atoms with van der Waals surface area (Å²) >= 11 is 0. The Bertz CT molecular complexity index is 1370. The maximum absolute atomic E-state index is 14.8. The summed E-state index contributed by atoms with van der Waals surface area (Å²) in [5.74, 6) is -2.16. The number of likely N-dealkylation sites (tertiary alicyclic amines) is 1. The van der Waals surface area contributed by atoms with E-state index in [0.29, 0.717) is 12.2 Å². The number of carboxylic acid groups (broad SMARTS) is 1. The molecule has 0 unspecified atom stereocenters. The summed E-state index contributed by atoms with van der Waals surface area (Å²) in [4.78, 5) is 44.3. The number of piperidine rings is 1. The molecule has 1 N–H and O–H groups in total. The van der Waals surface area contributed by atoms with Crippen molar-refractivity contribution in [3.8, 4) is 0 Å². The first-order valence-electron chi connectivity index (χ1n) is 12.8. The van der Waals surface area contributed by atoms with Gasteiger partial charge in [0.2, 0.25) is 5.91 Å². The molecule has 0 aliphatic carbocycles. The van der Waals surface area contributed by atoms with Crippen LogP contribution in [0.25, 0.3) is 0 Å². The number of carbonyl (C=O) groups excluding carboxylic acids is 2. The van der Waals surface area contributed by atoms with Crippen LogP contribution in [0, 0.1) is 18.2 Å². The molecule has 2 aliphatic heterocycles. The van der Waals surface area contributed by atoms with Crippen LogP contribution in [0.2, 0.25) is 0 Å². The van der Waals surface area contributed by atoms with Crippen LogP contribution < -0.4 is 9.80 Å². The van der Waals surface area contributed by atoms with Crippen molar-refractivity contribution in [1.29, 1.82) is 0 Å². The first-order chi connectivity index (χ1) is 18.3. The molecule has 3 aromatic carbocycles. The minimum atomic E-state index is -1.36. The second kappa shape index (κ2) is 10.3. The van der Waals surface area contributed by atoms with Crippen molar-refractivity contribution in [3.05, 3.63) is 89.7 Å². The Morgan fingerprint density at radius 2 is 1.63 bits per heavy atom. The maximum atomic E-state index is 14.8. The zero-order valence-electron chi connectivity index (χ0n) is 21.3. The van der Waals surface area contributed by atoms with Crippen LogP contribution in [0.15, 0.2) is 72.8 Å². The van der Waals surface area contributed by atoms with Gasteiger partial charge in [0, 0.05) is 37.4 Å². The van der Waals surface area contributed by atoms with Gasteiger partial charge < -0.3 is 10.0 Å². The van der Waals surface area contributed by atoms with Gasteiger partial charge in [-0.05, 0) is 67.6 Å². The van der Waals surface area contributed by atoms with Gasteiger partial charge in [-0.15, -0.1) is 0 Å². The van der Waals surface area contributed by atoms with Gasteiger partial charge in [0.15, 0.2) is 0 Å². The summed E-state index contributed by atoms with van der Waals surface area (Å²) in [6.45, 7) is 3.02. The van der Waals surface area contributed by atoms with E-state index < -0.39 is 23.1 Å². The molecule has 8 heteroatoms. The van der Waals surface area contributed by atoms with Crippen LogP contribution in [0.4, 0.5) is 26.2 Å². The largest absolute Gasteiger partial charge is 0.481 e. The zero-order chi connectivity index (χ0) is 26.9. The summed E-state index contributed by atoms with van der Waals surface area (Å²) in [5.41, 5.74) is 2.28. The molecule has 38 heavy (non-hydrogen) atoms. The molecule has 7 nitrogen and oxygen atoms in total. The molecule has 3 aromatic rings. The number of nitrogens with zero attached hydrogens (tertiary/aromatic N) is 3. The SMILES string of the molecule is Cc1ccc2c(c1)N(C(=O)N1CCC(CC(=O)N(c3ccccc3)c3ccccc3F)(C(=O)O)CC1)CC2. The number of carbonyl (C=O) groups is 3. The number of fused-ring (bicyclic) bond motifs is 1. The summed E-state index contributed by atoms with van der Waals surface area (Å²) < 4.78 is 14.8. The zero-order valence-corrected chi connectivity index (χ0v) is 21.3. The summed E-state index contributed by atoms with van der Waals surface area (Å²) in [5, 5.41) is 10.3. The number of aliphatic carboxylic acids is 1. The predicted molar refractivity (Wildman–Crippen MR) is 143 cm³/mol. The predicted octanol–water partition coefficient (Wildman–Crippen LogP) is 5.54. The van der Waals surface area contributed by atoms with Crippen molar-refractivity contribution in [1.82, 2.24) is 4.90 Å². The number of anilines is 3. The van der Waals surface area contributed by atoms with Gasteiger partial charge in [0.25, 0.3) is 0 Å². The molecule has 0 radical (unpaired) electrons. The van der Waals surface area contributed by atoms with Gasteiger partial charge in [-0.2, -0.15) is 0 Å². The van der Waals surface area contributed by atoms with Crippen molar-refractivity contribution < 1.29 is 23.9 Å². The minimum absolute atomic E-state index is 0.0693. The van der Waals surface area contributed by atoms with Crippen molar-refractivity contribution >= 4 is 35.0 Å². The standard InChI is InChI=1S/C30H30FN3O4/c1-21-11-12-22-13-16-33(26(22)19-21)29(38)32-17-14-30(15-18-32,28(36)37)20-27(35)34(23-7-3-2-4-8-23)25-10-6-5-9-24(25)31/h2-12,19H,13-18,20H2,1H3,(H,36,37). The van der Waals surface area contributed by atoms with E-state index in [4.69, 9.17) is 0 Å². The first-order valence-corrected chi connectivity index (χ1v) is 12.8. The van der Waals surface area contributed by atoms with E-state index in [2.05, 4.69) is 0 Å². The van der Waals surface area contributed by atoms with Crippen LogP contribution in [-0.4, -0.2) is 47.5 Å². The van der Waals surface area contributed by atoms with Gasteiger partial charge in [0.1, 0.15) is 5.82 Å². The number of hydrogen-bond donors (Lipinski definition) is 1. The van der Waals surface area contributed by atoms with Gasteiger partial charge in [-0.1, -0.05) is 42.5 Å². The smallest absolute Gasteiger partial charge is 0.324 e. The van der Waals surface area contributed by atoms with Crippen molar-refractivity contribution in [2.45, 2.75) is 32.6 Å². The number of benzene rings is 3. The summed E-state index contributed by atoms with van der Waals surface area (Å²) in [7, 11) is 0. The van der Waals surface area contributed by atoms with E-state index in [1.54, 1.807) is 46.2 Å². The van der Waals surface area contributed by atoms with Crippen LogP contribution in [0.5, 0.6) is 0 Å². The molecule has 0 spiro atoms. The van der Waals surface area contributed by atoms with E-state index in [0.717, 1.165) is 23.2 Å². The minimum Gasteiger partial charge on any atom is -0.481 e. The molecular weight excluding hydrogens is 485 g/mol. The molecule has 2 aliphatic rings. The number of halogens is 1. The molecule has 2 heterocycles. The summed E-state index contributed by atoms with van der Waals surface area (Å²) in [6, 6.07) is 20.5. The Morgan fingerprint density at radius 1 is 0.947 bits per heavy atom. The van der Waals surface area contributed by atoms with Crippen molar-refractivity contribution in [3.63, 3.8) is 0 Å². The number of carboxylic acids is 1. The van der Waals surface area contributed by atoms with Crippen LogP contribution in [0.3, 0.4) is 0 Å². The highest BCUT2D eigenvalue weighted by Crippen LogP contribution is 2.39. The molecular formula is C30H30FN3O4. The van der Waals surface area contributed by atoms with E-state index in [1.807, 2.05) is 25.1 Å². The van der Waals surface area contributed by atoms with Gasteiger partial charge >= 0.3 is 12.0 Å². The topological polar surface area (TPSA) is 81.2 Å². The van der Waals surface area contributed by atoms with E-state index >= 15 is 0 Å². The number of aryl methyl sites for hydroxylation is 1. The fraction of sp³-hybridized carbons (Fsp3) is 0.300. The average Bonchev–Trinajstić information content (AvgIpc) is 3.33. The number of urea groups is 1. The van der Waals surface area contributed by atoms with Crippen LogP contribution in [-0.2, 0) is 16.0 Å². The average molecular weight is 516 g/mol. The van der Waals surface area contributed by atoms with Gasteiger partial charge in [-0.25, -0.2) is 9.18 Å². The van der Waals surface area contributed by atoms with Crippen LogP contribution in [0.1, 0.15) is 30.4 Å². The number of para-hydroxylation sites is 2. The number of hydrogen-bond acceptors (Lipinski definition) is 3. The van der Waals surface area contributed by atoms with Gasteiger partial charge in [0.05, 0.1) is 11.1 Å². The van der Waals surface area contributed by atoms with Gasteiger partial charge in [-0.3, -0.25) is 19.4 Å². The Kier molecular flexibility index (Phi) is 6.89. The van der Waals surface area contributed by atoms with Crippen molar-refractivity contribution in [2.75, 3.05) is 29.4 Å². The Hall–Kier alpha value is -4.20. The highest BCUT2D eigenvalue weighted by Gasteiger charge is 2.46. The molecule has 3 amide bonds. The fourth-order valence-corrected chi connectivity index (χ4v) is 5.45. The van der Waals surface area contributed by atoms with E-state index in [-0.39, 0.29) is 44.1 Å². The third kappa shape index (κ3) is 4.74. The van der Waals surface area contributed by atoms with Crippen molar-refractivity contribution in [2.24, 2.45) is 5.41 Å². The molecule has 1 saturated heterocycles. The number of rotatable bonds is 5. The van der Waals surface area contributed by atoms with E-state index in [9.17, 15) is 23.9 Å². The maximum Gasteiger partial charge on any atom is 0.324 e. The Morgan fingerprint density at radius 3 is 2.32 bits per heavy atom. The lowest BCUT2D eigenvalue weighted by atomic mass is 9.75. The quantitative estimate of drug-likeness (QED) is 0.484. The molecule has 196 valence electrons. The number of amides is 3. The van der Waals surface area contributed by atoms with Crippen LogP contribution >= 0.6 is 0 Å². The molecule has 1 fully saturated rings. The monoisotopic (exact) mass is 515 g/mol. The Balaban J connectivity index is 1.35. The highest BCUT2D eigenvalue weighted by molar-refractivity contribution is 6.02. The third-order valence-corrected chi connectivity index (χ3v) is 7.66. The lowest BCUT2D eigenvalue weighted by molar-refractivity contribution is -0.154. The summed E-state index contributed by atoms with van der Waals surface area (Å²) in [6.07, 6.45) is 0.746. The highest BCUT2D eigenvalue weighted by atomic mass is 19.1. The molecule has 0 saturated carbocycles. The lowest BCUT2D eigenvalue weighted by Crippen LogP contribution is -2.51. The molecule has 0 atom stereocenters. The fourth-order valence-electron chi connectivity index (χ4n) is 5.45. The molecule has 0 bridgehead atoms.